The summed E-state index contributed by atoms with van der Waals surface area (Å²) < 4.78 is 42.7. The lowest BCUT2D eigenvalue weighted by atomic mass is 9.86. The molecule has 1 atom stereocenters. The molecule has 2 aliphatic rings. The number of carbonyl (C=O) groups excluding carboxylic acids is 1. The number of amides is 1. The van der Waals surface area contributed by atoms with Crippen molar-refractivity contribution in [2.75, 3.05) is 12.1 Å². The number of nitrogens with zero attached hydrogens (tertiary/aromatic N) is 2. The molecule has 1 fully saturated rings. The van der Waals surface area contributed by atoms with Crippen LogP contribution < -0.4 is 10.4 Å². The molecule has 5 nitrogen and oxygen atoms in total. The van der Waals surface area contributed by atoms with Gasteiger partial charge < -0.3 is 4.84 Å². The van der Waals surface area contributed by atoms with Crippen LogP contribution >= 0.6 is 23.2 Å². The fraction of sp³-hybridized carbons (Fsp3) is 0.364. The van der Waals surface area contributed by atoms with Crippen LogP contribution in [0.3, 0.4) is 0 Å². The quantitative estimate of drug-likeness (QED) is 0.547. The van der Waals surface area contributed by atoms with E-state index in [1.165, 1.54) is 17.1 Å². The highest BCUT2D eigenvalue weighted by Crippen LogP contribution is 2.49. The predicted molar refractivity (Wildman–Crippen MR) is 117 cm³/mol. The number of benzene rings is 2. The van der Waals surface area contributed by atoms with Gasteiger partial charge in [-0.3, -0.25) is 15.2 Å². The first-order valence-electron chi connectivity index (χ1n) is 9.94. The van der Waals surface area contributed by atoms with Gasteiger partial charge in [0.1, 0.15) is 0 Å². The molecule has 10 heteroatoms. The maximum Gasteiger partial charge on any atom is 0.435 e. The van der Waals surface area contributed by atoms with Crippen molar-refractivity contribution < 1.29 is 22.8 Å². The molecule has 1 N–H and O–H groups in total. The number of alkyl halides is 3. The number of rotatable bonds is 5. The first-order valence-corrected chi connectivity index (χ1v) is 10.7. The van der Waals surface area contributed by atoms with Crippen molar-refractivity contribution >= 4 is 40.5 Å². The molecule has 4 rings (SSSR count). The Balaban J connectivity index is 1.64. The van der Waals surface area contributed by atoms with E-state index in [1.54, 1.807) is 38.2 Å². The zero-order valence-electron chi connectivity index (χ0n) is 17.3. The normalized spacial score (nSPS) is 20.5. The minimum absolute atomic E-state index is 0.0134. The smallest absolute Gasteiger partial charge is 0.374 e. The molecule has 0 radical (unpaired) electrons. The molecule has 0 spiro atoms. The lowest BCUT2D eigenvalue weighted by molar-refractivity contribution is -0.275. The summed E-state index contributed by atoms with van der Waals surface area (Å²) in [4.78, 5) is 17.2. The summed E-state index contributed by atoms with van der Waals surface area (Å²) in [7, 11) is 1.62. The second-order valence-electron chi connectivity index (χ2n) is 8.12. The van der Waals surface area contributed by atoms with Crippen molar-refractivity contribution in [2.45, 2.75) is 38.0 Å². The fourth-order valence-electron chi connectivity index (χ4n) is 3.64. The van der Waals surface area contributed by atoms with Gasteiger partial charge in [0.15, 0.2) is 0 Å². The zero-order chi connectivity index (χ0) is 23.3. The lowest BCUT2D eigenvalue weighted by Crippen LogP contribution is -2.42. The highest BCUT2D eigenvalue weighted by atomic mass is 35.5. The molecule has 1 amide bonds. The summed E-state index contributed by atoms with van der Waals surface area (Å²) in [5.74, 6) is -0.136. The van der Waals surface area contributed by atoms with Crippen molar-refractivity contribution in [3.63, 3.8) is 0 Å². The Kier molecular flexibility index (Phi) is 5.79. The molecule has 2 aromatic carbocycles. The largest absolute Gasteiger partial charge is 0.435 e. The van der Waals surface area contributed by atoms with E-state index in [9.17, 15) is 18.0 Å². The van der Waals surface area contributed by atoms with Crippen LogP contribution in [0.2, 0.25) is 10.0 Å². The molecule has 1 aliphatic heterocycles. The zero-order valence-corrected chi connectivity index (χ0v) is 18.8. The highest BCUT2D eigenvalue weighted by molar-refractivity contribution is 6.33. The number of carbonyl (C=O) groups is 1. The van der Waals surface area contributed by atoms with Gasteiger partial charge in [-0.15, -0.1) is 0 Å². The van der Waals surface area contributed by atoms with Crippen molar-refractivity contribution in [1.29, 1.82) is 0 Å². The summed E-state index contributed by atoms with van der Waals surface area (Å²) in [6.07, 6.45) is -3.59. The topological polar surface area (TPSA) is 53.9 Å². The molecule has 2 aromatic rings. The van der Waals surface area contributed by atoms with Crippen molar-refractivity contribution in [2.24, 2.45) is 11.1 Å². The second-order valence-corrected chi connectivity index (χ2v) is 8.97. The molecule has 0 saturated heterocycles. The van der Waals surface area contributed by atoms with Gasteiger partial charge in [-0.25, -0.2) is 0 Å². The third kappa shape index (κ3) is 4.26. The summed E-state index contributed by atoms with van der Waals surface area (Å²) in [6, 6.07) is 8.91. The Morgan fingerprint density at radius 3 is 2.56 bits per heavy atom. The van der Waals surface area contributed by atoms with Crippen LogP contribution in [0.25, 0.3) is 0 Å². The number of hydrogen-bond acceptors (Lipinski definition) is 4. The van der Waals surface area contributed by atoms with Crippen LogP contribution in [-0.2, 0) is 15.2 Å². The molecule has 0 bridgehead atoms. The van der Waals surface area contributed by atoms with E-state index in [1.807, 2.05) is 0 Å². The molecular weight excluding hydrogens is 466 g/mol. The monoisotopic (exact) mass is 485 g/mol. The number of aryl methyl sites for hydroxylation is 1. The number of nitrogens with one attached hydrogen (secondary N) is 1. The van der Waals surface area contributed by atoms with E-state index in [-0.39, 0.29) is 28.1 Å². The van der Waals surface area contributed by atoms with E-state index in [0.29, 0.717) is 21.8 Å². The molecule has 170 valence electrons. The molecule has 32 heavy (non-hydrogen) atoms. The van der Waals surface area contributed by atoms with Crippen molar-refractivity contribution in [3.8, 4) is 0 Å². The van der Waals surface area contributed by atoms with Gasteiger partial charge in [0.25, 0.3) is 5.60 Å². The molecule has 1 heterocycles. The first kappa shape index (κ1) is 22.7. The third-order valence-electron chi connectivity index (χ3n) is 5.56. The lowest BCUT2D eigenvalue weighted by Gasteiger charge is -2.30. The van der Waals surface area contributed by atoms with Crippen molar-refractivity contribution in [1.82, 2.24) is 5.43 Å². The minimum Gasteiger partial charge on any atom is -0.374 e. The molecule has 1 unspecified atom stereocenters. The summed E-state index contributed by atoms with van der Waals surface area (Å²) in [6.45, 7) is 1.66. The van der Waals surface area contributed by atoms with Crippen LogP contribution in [0.5, 0.6) is 0 Å². The van der Waals surface area contributed by atoms with Gasteiger partial charge in [-0.1, -0.05) is 40.5 Å². The number of halogens is 5. The van der Waals surface area contributed by atoms with E-state index < -0.39 is 18.2 Å². The number of oxime groups is 1. The standard InChI is InChI=1S/C22H20Cl2F3N3O2/c1-12-7-15(10-16(23)8-12)21(22(25,26)27)11-18(29-32-21)14-5-6-17(24)19(9-14)30(2)28-20(31)13-3-4-13/h5-10,13H,3-4,11H2,1-2H3,(H,28,31). The Morgan fingerprint density at radius 2 is 1.94 bits per heavy atom. The van der Waals surface area contributed by atoms with E-state index in [2.05, 4.69) is 10.6 Å². The summed E-state index contributed by atoms with van der Waals surface area (Å²) in [5.41, 5.74) is 1.50. The van der Waals surface area contributed by atoms with Gasteiger partial charge in [0.05, 0.1) is 16.4 Å². The maximum atomic E-state index is 14.2. The molecular formula is C22H20Cl2F3N3O2. The molecule has 0 aromatic heterocycles. The fourth-order valence-corrected chi connectivity index (χ4v) is 4.17. The van der Waals surface area contributed by atoms with Gasteiger partial charge in [0.2, 0.25) is 5.91 Å². The van der Waals surface area contributed by atoms with E-state index >= 15 is 0 Å². The number of anilines is 1. The van der Waals surface area contributed by atoms with Crippen molar-refractivity contribution in [3.05, 3.63) is 63.1 Å². The van der Waals surface area contributed by atoms with Gasteiger partial charge >= 0.3 is 6.18 Å². The maximum absolute atomic E-state index is 14.2. The van der Waals surface area contributed by atoms with Crippen LogP contribution in [0.4, 0.5) is 18.9 Å². The summed E-state index contributed by atoms with van der Waals surface area (Å²) >= 11 is 12.3. The van der Waals surface area contributed by atoms with Crippen LogP contribution in [-0.4, -0.2) is 24.8 Å². The molecule has 1 aliphatic carbocycles. The Hall–Kier alpha value is -2.45. The Bertz CT molecular complexity index is 1080. The van der Waals surface area contributed by atoms with Gasteiger partial charge in [-0.2, -0.15) is 13.2 Å². The van der Waals surface area contributed by atoms with Crippen LogP contribution in [0.1, 0.15) is 36.0 Å². The van der Waals surface area contributed by atoms with E-state index in [4.69, 9.17) is 28.0 Å². The number of hydrazine groups is 1. The van der Waals surface area contributed by atoms with Crippen LogP contribution in [0, 0.1) is 12.8 Å². The van der Waals surface area contributed by atoms with Crippen LogP contribution in [0.15, 0.2) is 41.6 Å². The Labute approximate surface area is 193 Å². The Morgan fingerprint density at radius 1 is 1.22 bits per heavy atom. The number of hydrogen-bond donors (Lipinski definition) is 1. The second kappa shape index (κ2) is 8.15. The van der Waals surface area contributed by atoms with E-state index in [0.717, 1.165) is 12.8 Å². The minimum atomic E-state index is -4.74. The third-order valence-corrected chi connectivity index (χ3v) is 6.10. The SMILES string of the molecule is Cc1cc(Cl)cc(C2(C(F)(F)F)CC(c3ccc(Cl)c(N(C)NC(=O)C4CC4)c3)=NO2)c1. The summed E-state index contributed by atoms with van der Waals surface area (Å²) in [5, 5.41) is 5.77. The average molecular weight is 486 g/mol. The first-order chi connectivity index (χ1) is 15.0. The molecule has 1 saturated carbocycles. The van der Waals surface area contributed by atoms with Gasteiger partial charge in [-0.05, 0) is 49.6 Å². The predicted octanol–water partition coefficient (Wildman–Crippen LogP) is 5.76. The van der Waals surface area contributed by atoms with Gasteiger partial charge in [0, 0.05) is 35.5 Å². The average Bonchev–Trinajstić information content (AvgIpc) is 3.45. The highest BCUT2D eigenvalue weighted by Gasteiger charge is 2.62.